The summed E-state index contributed by atoms with van der Waals surface area (Å²) in [6.45, 7) is 0. The SMILES string of the molecule is O=S(=O)(CCl)NC1CCSc2ccc(F)cc21. The quantitative estimate of drug-likeness (QED) is 0.872. The van der Waals surface area contributed by atoms with Gasteiger partial charge in [0, 0.05) is 10.9 Å². The Hall–Kier alpha value is -0.300. The van der Waals surface area contributed by atoms with E-state index in [4.69, 9.17) is 11.6 Å². The average molecular weight is 296 g/mol. The van der Waals surface area contributed by atoms with E-state index in [0.717, 1.165) is 10.6 Å². The molecule has 1 atom stereocenters. The smallest absolute Gasteiger partial charge is 0.211 e. The lowest BCUT2D eigenvalue weighted by Crippen LogP contribution is -2.31. The number of rotatable bonds is 3. The summed E-state index contributed by atoms with van der Waals surface area (Å²) in [5, 5.41) is -0.485. The fraction of sp³-hybridized carbons (Fsp3) is 0.400. The molecule has 3 nitrogen and oxygen atoms in total. The van der Waals surface area contributed by atoms with Crippen molar-refractivity contribution in [1.29, 1.82) is 0 Å². The van der Waals surface area contributed by atoms with Gasteiger partial charge in [-0.2, -0.15) is 0 Å². The maximum Gasteiger partial charge on any atom is 0.226 e. The lowest BCUT2D eigenvalue weighted by molar-refractivity contribution is 0.545. The number of sulfonamides is 1. The molecule has 0 amide bonds. The van der Waals surface area contributed by atoms with Crippen LogP contribution in [-0.2, 0) is 10.0 Å². The monoisotopic (exact) mass is 295 g/mol. The van der Waals surface area contributed by atoms with Crippen molar-refractivity contribution >= 4 is 33.4 Å². The third kappa shape index (κ3) is 3.13. The highest BCUT2D eigenvalue weighted by atomic mass is 35.5. The van der Waals surface area contributed by atoms with E-state index in [2.05, 4.69) is 4.72 Å². The molecule has 0 aromatic heterocycles. The van der Waals surface area contributed by atoms with Crippen LogP contribution >= 0.6 is 23.4 Å². The molecule has 0 aliphatic carbocycles. The second-order valence-electron chi connectivity index (χ2n) is 3.71. The Morgan fingerprint density at radius 1 is 1.53 bits per heavy atom. The molecule has 1 aromatic carbocycles. The number of halogens is 2. The van der Waals surface area contributed by atoms with Gasteiger partial charge < -0.3 is 0 Å². The van der Waals surface area contributed by atoms with E-state index >= 15 is 0 Å². The fourth-order valence-electron chi connectivity index (χ4n) is 1.74. The predicted octanol–water partition coefficient (Wildman–Crippen LogP) is 2.48. The van der Waals surface area contributed by atoms with E-state index in [1.165, 1.54) is 12.1 Å². The van der Waals surface area contributed by atoms with Gasteiger partial charge in [0.15, 0.2) is 0 Å². The van der Waals surface area contributed by atoms with Gasteiger partial charge in [0.2, 0.25) is 10.0 Å². The molecule has 7 heteroatoms. The zero-order chi connectivity index (χ0) is 12.5. The van der Waals surface area contributed by atoms with Crippen LogP contribution in [-0.4, -0.2) is 19.4 Å². The van der Waals surface area contributed by atoms with Crippen LogP contribution < -0.4 is 4.72 Å². The second kappa shape index (κ2) is 5.14. The zero-order valence-corrected chi connectivity index (χ0v) is 11.2. The number of thioether (sulfide) groups is 1. The fourth-order valence-corrected chi connectivity index (χ4v) is 3.77. The Kier molecular flexibility index (Phi) is 3.97. The molecule has 1 unspecified atom stereocenters. The standard InChI is InChI=1S/C10H11ClFNO2S2/c11-6-17(14,15)13-9-3-4-16-10-2-1-7(12)5-8(9)10/h1-2,5,9,13H,3-4,6H2. The van der Waals surface area contributed by atoms with E-state index < -0.39 is 15.2 Å². The van der Waals surface area contributed by atoms with E-state index in [-0.39, 0.29) is 11.9 Å². The summed E-state index contributed by atoms with van der Waals surface area (Å²) in [7, 11) is -3.49. The molecule has 1 heterocycles. The van der Waals surface area contributed by atoms with Gasteiger partial charge >= 0.3 is 0 Å². The molecule has 0 fully saturated rings. The van der Waals surface area contributed by atoms with Crippen LogP contribution in [0.4, 0.5) is 4.39 Å². The third-order valence-electron chi connectivity index (χ3n) is 2.48. The van der Waals surface area contributed by atoms with Crippen molar-refractivity contribution in [2.45, 2.75) is 17.4 Å². The highest BCUT2D eigenvalue weighted by Crippen LogP contribution is 2.36. The maximum atomic E-state index is 13.2. The predicted molar refractivity (Wildman–Crippen MR) is 67.3 cm³/mol. The molecule has 1 N–H and O–H groups in total. The van der Waals surface area contributed by atoms with Crippen molar-refractivity contribution in [2.75, 3.05) is 11.0 Å². The minimum atomic E-state index is -3.49. The molecular weight excluding hydrogens is 285 g/mol. The molecular formula is C10H11ClFNO2S2. The third-order valence-corrected chi connectivity index (χ3v) is 5.39. The zero-order valence-electron chi connectivity index (χ0n) is 8.82. The van der Waals surface area contributed by atoms with Gasteiger partial charge in [-0.25, -0.2) is 17.5 Å². The van der Waals surface area contributed by atoms with Gasteiger partial charge in [-0.1, -0.05) is 0 Å². The summed E-state index contributed by atoms with van der Waals surface area (Å²) in [5.74, 6) is 0.440. The normalized spacial score (nSPS) is 20.0. The summed E-state index contributed by atoms with van der Waals surface area (Å²) in [6, 6.07) is 4.05. The molecule has 1 aliphatic heterocycles. The Morgan fingerprint density at radius 3 is 3.00 bits per heavy atom. The van der Waals surface area contributed by atoms with Gasteiger partial charge in [0.25, 0.3) is 0 Å². The summed E-state index contributed by atoms with van der Waals surface area (Å²) in [6.07, 6.45) is 0.636. The van der Waals surface area contributed by atoms with E-state index in [1.54, 1.807) is 17.8 Å². The largest absolute Gasteiger partial charge is 0.226 e. The summed E-state index contributed by atoms with van der Waals surface area (Å²) >= 11 is 6.94. The Balaban J connectivity index is 2.31. The summed E-state index contributed by atoms with van der Waals surface area (Å²) < 4.78 is 38.5. The van der Waals surface area contributed by atoms with Crippen LogP contribution in [0.2, 0.25) is 0 Å². The van der Waals surface area contributed by atoms with Crippen molar-refractivity contribution in [3.63, 3.8) is 0 Å². The van der Waals surface area contributed by atoms with Crippen molar-refractivity contribution in [3.05, 3.63) is 29.6 Å². The first-order valence-corrected chi connectivity index (χ1v) is 8.17. The number of hydrogen-bond donors (Lipinski definition) is 1. The topological polar surface area (TPSA) is 46.2 Å². The average Bonchev–Trinajstić information content (AvgIpc) is 2.30. The van der Waals surface area contributed by atoms with Crippen molar-refractivity contribution in [1.82, 2.24) is 4.72 Å². The molecule has 0 spiro atoms. The second-order valence-corrected chi connectivity index (χ2v) is 7.19. The van der Waals surface area contributed by atoms with Crippen molar-refractivity contribution in [3.8, 4) is 0 Å². The van der Waals surface area contributed by atoms with Crippen LogP contribution in [0.5, 0.6) is 0 Å². The molecule has 1 aromatic rings. The van der Waals surface area contributed by atoms with E-state index in [9.17, 15) is 12.8 Å². The van der Waals surface area contributed by atoms with Gasteiger partial charge in [0.05, 0.1) is 0 Å². The van der Waals surface area contributed by atoms with E-state index in [0.29, 0.717) is 12.0 Å². The number of fused-ring (bicyclic) bond motifs is 1. The van der Waals surface area contributed by atoms with Gasteiger partial charge in [-0.05, 0) is 35.9 Å². The molecule has 2 rings (SSSR count). The van der Waals surface area contributed by atoms with Crippen LogP contribution in [0.3, 0.4) is 0 Å². The lowest BCUT2D eigenvalue weighted by atomic mass is 10.0. The van der Waals surface area contributed by atoms with Crippen LogP contribution in [0, 0.1) is 5.82 Å². The lowest BCUT2D eigenvalue weighted by Gasteiger charge is -2.25. The number of benzene rings is 1. The summed E-state index contributed by atoms with van der Waals surface area (Å²) in [4.78, 5) is 0.917. The Bertz CT molecular complexity index is 521. The highest BCUT2D eigenvalue weighted by molar-refractivity contribution is 7.99. The van der Waals surface area contributed by atoms with Gasteiger partial charge in [-0.3, -0.25) is 0 Å². The van der Waals surface area contributed by atoms with Crippen molar-refractivity contribution in [2.24, 2.45) is 0 Å². The van der Waals surface area contributed by atoms with Crippen LogP contribution in [0.25, 0.3) is 0 Å². The van der Waals surface area contributed by atoms with Crippen LogP contribution in [0.15, 0.2) is 23.1 Å². The van der Waals surface area contributed by atoms with Crippen LogP contribution in [0.1, 0.15) is 18.0 Å². The van der Waals surface area contributed by atoms with E-state index in [1.807, 2.05) is 0 Å². The minimum absolute atomic E-state index is 0.360. The minimum Gasteiger partial charge on any atom is -0.211 e. The molecule has 0 saturated heterocycles. The Labute approximate surface area is 109 Å². The molecule has 0 bridgehead atoms. The first-order valence-electron chi connectivity index (χ1n) is 5.00. The Morgan fingerprint density at radius 2 is 2.29 bits per heavy atom. The van der Waals surface area contributed by atoms with Crippen molar-refractivity contribution < 1.29 is 12.8 Å². The first kappa shape index (κ1) is 13.1. The van der Waals surface area contributed by atoms with Gasteiger partial charge in [-0.15, -0.1) is 23.4 Å². The molecule has 0 saturated carbocycles. The number of alkyl halides is 1. The molecule has 94 valence electrons. The molecule has 17 heavy (non-hydrogen) atoms. The number of hydrogen-bond acceptors (Lipinski definition) is 3. The molecule has 0 radical (unpaired) electrons. The highest BCUT2D eigenvalue weighted by Gasteiger charge is 2.25. The first-order chi connectivity index (χ1) is 8.02. The maximum absolute atomic E-state index is 13.2. The van der Waals surface area contributed by atoms with Gasteiger partial charge in [0.1, 0.15) is 11.0 Å². The molecule has 1 aliphatic rings. The summed E-state index contributed by atoms with van der Waals surface area (Å²) in [5.41, 5.74) is 0.690. The number of nitrogens with one attached hydrogen (secondary N) is 1.